The highest BCUT2D eigenvalue weighted by Gasteiger charge is 2.46. The van der Waals surface area contributed by atoms with Gasteiger partial charge in [0.25, 0.3) is 0 Å². The van der Waals surface area contributed by atoms with Crippen LogP contribution in [-0.2, 0) is 26.4 Å². The van der Waals surface area contributed by atoms with Crippen LogP contribution < -0.4 is 4.74 Å². The summed E-state index contributed by atoms with van der Waals surface area (Å²) in [6.45, 7) is 3.76. The van der Waals surface area contributed by atoms with E-state index >= 15 is 0 Å². The van der Waals surface area contributed by atoms with Crippen molar-refractivity contribution >= 4 is 11.8 Å². The van der Waals surface area contributed by atoms with Gasteiger partial charge in [-0.05, 0) is 62.4 Å². The van der Waals surface area contributed by atoms with Crippen LogP contribution in [0.25, 0.3) is 0 Å². The first-order valence-corrected chi connectivity index (χ1v) is 12.2. The third kappa shape index (κ3) is 6.44. The van der Waals surface area contributed by atoms with E-state index in [2.05, 4.69) is 23.1 Å². The van der Waals surface area contributed by atoms with E-state index in [-0.39, 0.29) is 5.97 Å². The molecule has 1 unspecified atom stereocenters. The number of ether oxygens (including phenoxy) is 2. The van der Waals surface area contributed by atoms with Crippen molar-refractivity contribution in [2.75, 3.05) is 20.3 Å². The average molecular weight is 452 g/mol. The van der Waals surface area contributed by atoms with Gasteiger partial charge in [0.2, 0.25) is 0 Å². The number of rotatable bonds is 12. The van der Waals surface area contributed by atoms with Gasteiger partial charge in [-0.15, -0.1) is 0 Å². The standard InChI is InChI=1S/C28H37NO4/c1-3-33-27(31)18-8-5-11-20-29(22-23-13-6-4-7-14-23)28(19-10-9-17-26(28)30)24-15-12-16-25(21-24)32-2/h4,6-7,12-16,21H,3,5,8-11,17-20,22H2,1-2H3. The Hall–Kier alpha value is -2.66. The molecule has 0 heterocycles. The molecule has 33 heavy (non-hydrogen) atoms. The van der Waals surface area contributed by atoms with Gasteiger partial charge >= 0.3 is 5.97 Å². The van der Waals surface area contributed by atoms with Crippen molar-refractivity contribution in [3.05, 3.63) is 65.7 Å². The molecule has 0 spiro atoms. The second-order valence-corrected chi connectivity index (χ2v) is 8.75. The first-order valence-electron chi connectivity index (χ1n) is 12.2. The average Bonchev–Trinajstić information content (AvgIpc) is 2.84. The monoisotopic (exact) mass is 451 g/mol. The van der Waals surface area contributed by atoms with Crippen molar-refractivity contribution in [1.82, 2.24) is 4.90 Å². The fraction of sp³-hybridized carbons (Fsp3) is 0.500. The van der Waals surface area contributed by atoms with Gasteiger partial charge in [-0.25, -0.2) is 0 Å². The molecule has 0 aromatic heterocycles. The highest BCUT2D eigenvalue weighted by molar-refractivity contribution is 5.90. The van der Waals surface area contributed by atoms with Gasteiger partial charge in [-0.1, -0.05) is 55.3 Å². The summed E-state index contributed by atoms with van der Waals surface area (Å²) in [6.07, 6.45) is 6.49. The number of unbranched alkanes of at least 4 members (excludes halogenated alkanes) is 2. The summed E-state index contributed by atoms with van der Waals surface area (Å²) >= 11 is 0. The minimum atomic E-state index is -0.649. The lowest BCUT2D eigenvalue weighted by molar-refractivity contribution is -0.143. The molecule has 0 amide bonds. The smallest absolute Gasteiger partial charge is 0.305 e. The SMILES string of the molecule is CCOC(=O)CCCCCN(Cc1ccccc1)C1(c2cccc(OC)c2)CCCCC1=O. The largest absolute Gasteiger partial charge is 0.497 e. The predicted molar refractivity (Wildman–Crippen MR) is 130 cm³/mol. The van der Waals surface area contributed by atoms with E-state index in [1.54, 1.807) is 7.11 Å². The Kier molecular flexibility index (Phi) is 9.49. The normalized spacial score (nSPS) is 18.3. The third-order valence-electron chi connectivity index (χ3n) is 6.57. The number of carbonyl (C=O) groups is 2. The Bertz CT molecular complexity index is 898. The Balaban J connectivity index is 1.85. The molecule has 1 saturated carbocycles. The predicted octanol–water partition coefficient (Wildman–Crippen LogP) is 5.66. The number of ketones is 1. The summed E-state index contributed by atoms with van der Waals surface area (Å²) in [5.74, 6) is 0.942. The van der Waals surface area contributed by atoms with Crippen LogP contribution in [0.15, 0.2) is 54.6 Å². The second-order valence-electron chi connectivity index (χ2n) is 8.75. The summed E-state index contributed by atoms with van der Waals surface area (Å²) in [7, 11) is 1.67. The lowest BCUT2D eigenvalue weighted by Gasteiger charge is -2.46. The summed E-state index contributed by atoms with van der Waals surface area (Å²) in [5, 5.41) is 0. The maximum absolute atomic E-state index is 13.7. The fourth-order valence-corrected chi connectivity index (χ4v) is 4.91. The zero-order chi connectivity index (χ0) is 23.5. The highest BCUT2D eigenvalue weighted by Crippen LogP contribution is 2.42. The number of Topliss-reactive ketones (excluding diaryl/α,β-unsaturated/α-hetero) is 1. The maximum Gasteiger partial charge on any atom is 0.305 e. The number of benzene rings is 2. The van der Waals surface area contributed by atoms with Crippen LogP contribution in [-0.4, -0.2) is 36.9 Å². The number of carbonyl (C=O) groups excluding carboxylic acids is 2. The van der Waals surface area contributed by atoms with Gasteiger partial charge < -0.3 is 9.47 Å². The molecule has 178 valence electrons. The fourth-order valence-electron chi connectivity index (χ4n) is 4.91. The molecule has 1 atom stereocenters. The first kappa shape index (κ1) is 25.0. The Morgan fingerprint density at radius 1 is 1.03 bits per heavy atom. The molecule has 0 aliphatic heterocycles. The zero-order valence-corrected chi connectivity index (χ0v) is 20.1. The van der Waals surface area contributed by atoms with Crippen molar-refractivity contribution in [2.45, 2.75) is 70.4 Å². The molecule has 0 bridgehead atoms. The second kappa shape index (κ2) is 12.5. The van der Waals surface area contributed by atoms with Crippen LogP contribution in [0.4, 0.5) is 0 Å². The molecule has 0 saturated heterocycles. The molecule has 5 nitrogen and oxygen atoms in total. The van der Waals surface area contributed by atoms with Crippen molar-refractivity contribution in [3.63, 3.8) is 0 Å². The molecule has 2 aromatic carbocycles. The minimum absolute atomic E-state index is 0.131. The third-order valence-corrected chi connectivity index (χ3v) is 6.57. The van der Waals surface area contributed by atoms with Crippen molar-refractivity contribution < 1.29 is 19.1 Å². The van der Waals surface area contributed by atoms with Gasteiger partial charge in [0.1, 0.15) is 11.3 Å². The van der Waals surface area contributed by atoms with Gasteiger partial charge in [-0.3, -0.25) is 14.5 Å². The van der Waals surface area contributed by atoms with Crippen LogP contribution in [0, 0.1) is 0 Å². The number of hydrogen-bond donors (Lipinski definition) is 0. The molecule has 1 aliphatic carbocycles. The van der Waals surface area contributed by atoms with Crippen molar-refractivity contribution in [2.24, 2.45) is 0 Å². The van der Waals surface area contributed by atoms with Gasteiger partial charge in [-0.2, -0.15) is 0 Å². The molecule has 0 N–H and O–H groups in total. The Labute approximate surface area is 198 Å². The lowest BCUT2D eigenvalue weighted by atomic mass is 9.73. The van der Waals surface area contributed by atoms with Crippen molar-refractivity contribution in [1.29, 1.82) is 0 Å². The van der Waals surface area contributed by atoms with Crippen molar-refractivity contribution in [3.8, 4) is 5.75 Å². The van der Waals surface area contributed by atoms with E-state index in [9.17, 15) is 9.59 Å². The summed E-state index contributed by atoms with van der Waals surface area (Å²) in [4.78, 5) is 27.7. The maximum atomic E-state index is 13.7. The summed E-state index contributed by atoms with van der Waals surface area (Å²) in [5.41, 5.74) is 1.57. The van der Waals surface area contributed by atoms with Gasteiger partial charge in [0.05, 0.1) is 13.7 Å². The molecule has 1 fully saturated rings. The number of methoxy groups -OCH3 is 1. The Morgan fingerprint density at radius 2 is 1.85 bits per heavy atom. The van der Waals surface area contributed by atoms with Gasteiger partial charge in [0, 0.05) is 19.4 Å². The molecule has 0 radical (unpaired) electrons. The highest BCUT2D eigenvalue weighted by atomic mass is 16.5. The molecule has 5 heteroatoms. The first-order chi connectivity index (χ1) is 16.1. The lowest BCUT2D eigenvalue weighted by Crippen LogP contribution is -2.53. The van der Waals surface area contributed by atoms with E-state index in [1.807, 2.05) is 43.3 Å². The zero-order valence-electron chi connectivity index (χ0n) is 20.1. The van der Waals surface area contributed by atoms with Crippen LogP contribution in [0.3, 0.4) is 0 Å². The van der Waals surface area contributed by atoms with Crippen LogP contribution in [0.5, 0.6) is 5.75 Å². The number of nitrogens with zero attached hydrogens (tertiary/aromatic N) is 1. The number of hydrogen-bond acceptors (Lipinski definition) is 5. The molecule has 3 rings (SSSR count). The topological polar surface area (TPSA) is 55.8 Å². The number of esters is 1. The van der Waals surface area contributed by atoms with E-state index < -0.39 is 5.54 Å². The molecule has 1 aliphatic rings. The Morgan fingerprint density at radius 3 is 2.58 bits per heavy atom. The molecule has 2 aromatic rings. The van der Waals surface area contributed by atoms with E-state index in [0.717, 1.165) is 56.4 Å². The van der Waals surface area contributed by atoms with E-state index in [0.29, 0.717) is 31.8 Å². The summed E-state index contributed by atoms with van der Waals surface area (Å²) < 4.78 is 10.6. The van der Waals surface area contributed by atoms with Crippen LogP contribution in [0.2, 0.25) is 0 Å². The molecular formula is C28H37NO4. The summed E-state index contributed by atoms with van der Waals surface area (Å²) in [6, 6.07) is 18.4. The van der Waals surface area contributed by atoms with Gasteiger partial charge in [0.15, 0.2) is 5.78 Å². The minimum Gasteiger partial charge on any atom is -0.497 e. The van der Waals surface area contributed by atoms with E-state index in [4.69, 9.17) is 9.47 Å². The van der Waals surface area contributed by atoms with Crippen LogP contribution in [0.1, 0.15) is 69.4 Å². The quantitative estimate of drug-likeness (QED) is 0.308. The van der Waals surface area contributed by atoms with E-state index in [1.165, 1.54) is 5.56 Å². The van der Waals surface area contributed by atoms with Crippen LogP contribution >= 0.6 is 0 Å². The molecular weight excluding hydrogens is 414 g/mol.